The average Bonchev–Trinajstić information content (AvgIpc) is 2.16. The molecule has 0 aromatic heterocycles. The van der Waals surface area contributed by atoms with E-state index in [1.165, 1.54) is 0 Å². The summed E-state index contributed by atoms with van der Waals surface area (Å²) in [5, 5.41) is 17.8. The molecule has 0 spiro atoms. The van der Waals surface area contributed by atoms with Gasteiger partial charge in [0.15, 0.2) is 5.79 Å². The molecule has 1 heterocycles. The van der Waals surface area contributed by atoms with Crippen molar-refractivity contribution in [1.82, 2.24) is 0 Å². The Labute approximate surface area is 54.3 Å². The number of aliphatic hydroxyl groups is 2. The highest BCUT2D eigenvalue weighted by atomic mass is 16.6. The van der Waals surface area contributed by atoms with Crippen molar-refractivity contribution in [2.24, 2.45) is 0 Å². The lowest BCUT2D eigenvalue weighted by Gasteiger charge is -2.19. The average molecular weight is 132 g/mol. The monoisotopic (exact) mass is 132 g/mol. The van der Waals surface area contributed by atoms with Crippen LogP contribution in [-0.2, 0) is 4.74 Å². The molecule has 2 N–H and O–H groups in total. The fourth-order valence-corrected chi connectivity index (χ4v) is 1.05. The van der Waals surface area contributed by atoms with E-state index in [0.717, 1.165) is 6.42 Å². The Kier molecular flexibility index (Phi) is 2.05. The number of hydrogen-bond acceptors (Lipinski definition) is 3. The molecule has 3 nitrogen and oxygen atoms in total. The van der Waals surface area contributed by atoms with Gasteiger partial charge in [-0.15, -0.1) is 0 Å². The minimum atomic E-state index is -1.01. The summed E-state index contributed by atoms with van der Waals surface area (Å²) < 4.78 is 4.98. The van der Waals surface area contributed by atoms with Crippen molar-refractivity contribution < 1.29 is 14.9 Å². The molecule has 0 bridgehead atoms. The summed E-state index contributed by atoms with van der Waals surface area (Å²) in [5.41, 5.74) is 0. The quantitative estimate of drug-likeness (QED) is 0.550. The second-order valence-electron chi connectivity index (χ2n) is 2.37. The second-order valence-corrected chi connectivity index (χ2v) is 2.37. The molecule has 3 heteroatoms. The van der Waals surface area contributed by atoms with Gasteiger partial charge in [0.2, 0.25) is 0 Å². The molecule has 54 valence electrons. The lowest BCUT2D eigenvalue weighted by atomic mass is 10.1. The Morgan fingerprint density at radius 2 is 2.33 bits per heavy atom. The van der Waals surface area contributed by atoms with Crippen LogP contribution >= 0.6 is 0 Å². The zero-order valence-corrected chi connectivity index (χ0v) is 5.34. The Bertz CT molecular complexity index is 86.3. The number of hydrogen-bond donors (Lipinski definition) is 2. The molecule has 0 aliphatic carbocycles. The molecule has 0 amide bonds. The molecule has 1 saturated heterocycles. The summed E-state index contributed by atoms with van der Waals surface area (Å²) in [7, 11) is 0. The topological polar surface area (TPSA) is 49.7 Å². The van der Waals surface area contributed by atoms with Crippen LogP contribution in [0.5, 0.6) is 0 Å². The van der Waals surface area contributed by atoms with E-state index < -0.39 is 5.79 Å². The maximum Gasteiger partial charge on any atom is 0.167 e. The molecule has 1 aliphatic heterocycles. The fraction of sp³-hybridized carbons (Fsp3) is 1.00. The molecule has 1 fully saturated rings. The van der Waals surface area contributed by atoms with Gasteiger partial charge in [-0.3, -0.25) is 0 Å². The van der Waals surface area contributed by atoms with Crippen molar-refractivity contribution in [2.75, 3.05) is 13.2 Å². The van der Waals surface area contributed by atoms with E-state index in [1.807, 2.05) is 0 Å². The molecular weight excluding hydrogens is 120 g/mol. The van der Waals surface area contributed by atoms with E-state index >= 15 is 0 Å². The maximum atomic E-state index is 9.31. The highest BCUT2D eigenvalue weighted by Gasteiger charge is 2.31. The molecule has 1 atom stereocenters. The first-order valence-electron chi connectivity index (χ1n) is 3.24. The number of aliphatic hydroxyl groups excluding tert-OH is 1. The molecular formula is C6H12O3. The van der Waals surface area contributed by atoms with Gasteiger partial charge in [0, 0.05) is 19.4 Å². The SMILES string of the molecule is OCCC1(O)CCCO1. The zero-order chi connectivity index (χ0) is 6.74. The lowest BCUT2D eigenvalue weighted by Crippen LogP contribution is -2.27. The van der Waals surface area contributed by atoms with E-state index in [0.29, 0.717) is 19.4 Å². The molecule has 0 saturated carbocycles. The van der Waals surface area contributed by atoms with Gasteiger partial charge < -0.3 is 14.9 Å². The van der Waals surface area contributed by atoms with Crippen LogP contribution in [0.15, 0.2) is 0 Å². The number of ether oxygens (including phenoxy) is 1. The predicted molar refractivity (Wildman–Crippen MR) is 31.8 cm³/mol. The maximum absolute atomic E-state index is 9.31. The molecule has 1 unspecified atom stereocenters. The minimum Gasteiger partial charge on any atom is -0.396 e. The minimum absolute atomic E-state index is 0.00347. The fourth-order valence-electron chi connectivity index (χ4n) is 1.05. The van der Waals surface area contributed by atoms with Gasteiger partial charge in [-0.25, -0.2) is 0 Å². The van der Waals surface area contributed by atoms with Crippen LogP contribution in [0.1, 0.15) is 19.3 Å². The molecule has 1 aliphatic rings. The van der Waals surface area contributed by atoms with Crippen LogP contribution in [0.25, 0.3) is 0 Å². The molecule has 0 aromatic carbocycles. The Hall–Kier alpha value is -0.120. The smallest absolute Gasteiger partial charge is 0.167 e. The van der Waals surface area contributed by atoms with Gasteiger partial charge in [0.1, 0.15) is 0 Å². The Morgan fingerprint density at radius 3 is 2.78 bits per heavy atom. The van der Waals surface area contributed by atoms with Crippen LogP contribution in [-0.4, -0.2) is 29.2 Å². The Morgan fingerprint density at radius 1 is 1.56 bits per heavy atom. The van der Waals surface area contributed by atoms with Gasteiger partial charge in [-0.05, 0) is 6.42 Å². The summed E-state index contributed by atoms with van der Waals surface area (Å²) in [6, 6.07) is 0. The van der Waals surface area contributed by atoms with Crippen LogP contribution in [0.4, 0.5) is 0 Å². The van der Waals surface area contributed by atoms with Crippen LogP contribution < -0.4 is 0 Å². The van der Waals surface area contributed by atoms with Gasteiger partial charge in [0.05, 0.1) is 6.61 Å². The summed E-state index contributed by atoms with van der Waals surface area (Å²) in [4.78, 5) is 0. The third kappa shape index (κ3) is 1.64. The first-order chi connectivity index (χ1) is 4.27. The van der Waals surface area contributed by atoms with Crippen molar-refractivity contribution in [2.45, 2.75) is 25.0 Å². The summed E-state index contributed by atoms with van der Waals surface area (Å²) in [6.07, 6.45) is 1.90. The van der Waals surface area contributed by atoms with Gasteiger partial charge in [-0.1, -0.05) is 0 Å². The number of rotatable bonds is 2. The largest absolute Gasteiger partial charge is 0.396 e. The highest BCUT2D eigenvalue weighted by Crippen LogP contribution is 2.25. The second kappa shape index (κ2) is 2.64. The van der Waals surface area contributed by atoms with Crippen LogP contribution in [0.3, 0.4) is 0 Å². The normalized spacial score (nSPS) is 35.3. The summed E-state index contributed by atoms with van der Waals surface area (Å²) in [6.45, 7) is 0.618. The van der Waals surface area contributed by atoms with Crippen molar-refractivity contribution in [3.8, 4) is 0 Å². The van der Waals surface area contributed by atoms with Crippen molar-refractivity contribution in [1.29, 1.82) is 0 Å². The first kappa shape index (κ1) is 6.99. The highest BCUT2D eigenvalue weighted by molar-refractivity contribution is 4.71. The third-order valence-electron chi connectivity index (χ3n) is 1.58. The first-order valence-corrected chi connectivity index (χ1v) is 3.24. The van der Waals surface area contributed by atoms with Crippen LogP contribution in [0.2, 0.25) is 0 Å². The Balaban J connectivity index is 2.32. The third-order valence-corrected chi connectivity index (χ3v) is 1.58. The predicted octanol–water partition coefficient (Wildman–Crippen LogP) is -0.132. The lowest BCUT2D eigenvalue weighted by molar-refractivity contribution is -0.179. The molecule has 9 heavy (non-hydrogen) atoms. The molecule has 0 radical (unpaired) electrons. The van der Waals surface area contributed by atoms with Crippen molar-refractivity contribution >= 4 is 0 Å². The van der Waals surface area contributed by atoms with Crippen molar-refractivity contribution in [3.63, 3.8) is 0 Å². The van der Waals surface area contributed by atoms with E-state index in [2.05, 4.69) is 0 Å². The van der Waals surface area contributed by atoms with E-state index in [9.17, 15) is 5.11 Å². The van der Waals surface area contributed by atoms with Crippen LogP contribution in [0, 0.1) is 0 Å². The molecule has 0 aromatic rings. The van der Waals surface area contributed by atoms with Gasteiger partial charge in [0.25, 0.3) is 0 Å². The zero-order valence-electron chi connectivity index (χ0n) is 5.34. The summed E-state index contributed by atoms with van der Waals surface area (Å²) >= 11 is 0. The van der Waals surface area contributed by atoms with Gasteiger partial charge in [-0.2, -0.15) is 0 Å². The molecule has 1 rings (SSSR count). The standard InChI is InChI=1S/C6H12O3/c7-4-3-6(8)2-1-5-9-6/h7-8H,1-5H2. The van der Waals surface area contributed by atoms with Crippen molar-refractivity contribution in [3.05, 3.63) is 0 Å². The van der Waals surface area contributed by atoms with Gasteiger partial charge >= 0.3 is 0 Å². The van der Waals surface area contributed by atoms with E-state index in [1.54, 1.807) is 0 Å². The van der Waals surface area contributed by atoms with E-state index in [-0.39, 0.29) is 6.61 Å². The van der Waals surface area contributed by atoms with E-state index in [4.69, 9.17) is 9.84 Å². The summed E-state index contributed by atoms with van der Waals surface area (Å²) in [5.74, 6) is -1.01.